The lowest BCUT2D eigenvalue weighted by Crippen LogP contribution is -2.34. The molecule has 1 N–H and O–H groups in total. The highest BCUT2D eigenvalue weighted by Crippen LogP contribution is 2.08. The van der Waals surface area contributed by atoms with E-state index in [0.717, 1.165) is 5.56 Å². The number of carbonyl (C=O) groups excluding carboxylic acids is 2. The molecule has 0 atom stereocenters. The Morgan fingerprint density at radius 3 is 2.48 bits per heavy atom. The summed E-state index contributed by atoms with van der Waals surface area (Å²) in [4.78, 5) is 25.2. The zero-order chi connectivity index (χ0) is 17.3. The molecule has 0 spiro atoms. The number of hydrogen-bond acceptors (Lipinski definition) is 4. The molecule has 0 aliphatic rings. The van der Waals surface area contributed by atoms with Crippen molar-refractivity contribution < 1.29 is 14.3 Å². The molecule has 0 aliphatic heterocycles. The first kappa shape index (κ1) is 19.4. The first-order valence-corrected chi connectivity index (χ1v) is 8.76. The van der Waals surface area contributed by atoms with Crippen LogP contribution in [0.2, 0.25) is 0 Å². The van der Waals surface area contributed by atoms with Gasteiger partial charge in [0.05, 0.1) is 5.75 Å². The fraction of sp³-hybridized carbons (Fsp3) is 0.529. The number of nitrogens with zero attached hydrogens (tertiary/aromatic N) is 1. The zero-order valence-corrected chi connectivity index (χ0v) is 15.1. The Balaban J connectivity index is 2.15. The predicted octanol–water partition coefficient (Wildman–Crippen LogP) is 2.90. The van der Waals surface area contributed by atoms with Gasteiger partial charge in [0.2, 0.25) is 5.91 Å². The molecule has 128 valence electrons. The van der Waals surface area contributed by atoms with Gasteiger partial charge in [0.15, 0.2) is 0 Å². The van der Waals surface area contributed by atoms with Crippen LogP contribution < -0.4 is 5.32 Å². The molecule has 0 saturated carbocycles. The second-order valence-corrected chi connectivity index (χ2v) is 7.32. The number of carbonyl (C=O) groups is 2. The number of ether oxygens (including phenoxy) is 1. The van der Waals surface area contributed by atoms with Crippen LogP contribution in [0.3, 0.4) is 0 Å². The van der Waals surface area contributed by atoms with Crippen LogP contribution in [0.1, 0.15) is 26.3 Å². The van der Waals surface area contributed by atoms with Crippen molar-refractivity contribution in [1.82, 2.24) is 10.2 Å². The highest BCUT2D eigenvalue weighted by molar-refractivity contribution is 7.99. The number of amides is 2. The van der Waals surface area contributed by atoms with Gasteiger partial charge in [-0.2, -0.15) is 11.8 Å². The molecule has 23 heavy (non-hydrogen) atoms. The SMILES string of the molecule is CN(Cc1ccccc1)C(=O)CSCCNC(=O)OC(C)(C)C. The normalized spacial score (nSPS) is 11.0. The molecule has 0 aromatic heterocycles. The smallest absolute Gasteiger partial charge is 0.407 e. The number of hydrogen-bond donors (Lipinski definition) is 1. The maximum Gasteiger partial charge on any atom is 0.407 e. The molecule has 0 heterocycles. The topological polar surface area (TPSA) is 58.6 Å². The van der Waals surface area contributed by atoms with E-state index >= 15 is 0 Å². The van der Waals surface area contributed by atoms with E-state index in [1.165, 1.54) is 11.8 Å². The van der Waals surface area contributed by atoms with Crippen molar-refractivity contribution in [3.63, 3.8) is 0 Å². The lowest BCUT2D eigenvalue weighted by atomic mass is 10.2. The Hall–Kier alpha value is -1.69. The van der Waals surface area contributed by atoms with Crippen molar-refractivity contribution in [3.05, 3.63) is 35.9 Å². The number of benzene rings is 1. The van der Waals surface area contributed by atoms with E-state index in [4.69, 9.17) is 4.74 Å². The van der Waals surface area contributed by atoms with Gasteiger partial charge in [0.25, 0.3) is 0 Å². The van der Waals surface area contributed by atoms with E-state index in [9.17, 15) is 9.59 Å². The first-order valence-electron chi connectivity index (χ1n) is 7.60. The Labute approximate surface area is 142 Å². The molecule has 0 radical (unpaired) electrons. The van der Waals surface area contributed by atoms with E-state index < -0.39 is 11.7 Å². The lowest BCUT2D eigenvalue weighted by Gasteiger charge is -2.19. The number of thioether (sulfide) groups is 1. The highest BCUT2D eigenvalue weighted by atomic mass is 32.2. The van der Waals surface area contributed by atoms with Crippen LogP contribution in [0.4, 0.5) is 4.79 Å². The predicted molar refractivity (Wildman–Crippen MR) is 94.5 cm³/mol. The summed E-state index contributed by atoms with van der Waals surface area (Å²) >= 11 is 1.50. The van der Waals surface area contributed by atoms with Gasteiger partial charge in [-0.25, -0.2) is 4.79 Å². The Bertz CT molecular complexity index is 500. The quantitative estimate of drug-likeness (QED) is 0.777. The van der Waals surface area contributed by atoms with E-state index in [-0.39, 0.29) is 5.91 Å². The van der Waals surface area contributed by atoms with Crippen LogP contribution in [-0.4, -0.2) is 47.6 Å². The van der Waals surface area contributed by atoms with Crippen LogP contribution in [0.5, 0.6) is 0 Å². The fourth-order valence-electron chi connectivity index (χ4n) is 1.75. The molecule has 0 aliphatic carbocycles. The van der Waals surface area contributed by atoms with E-state index in [0.29, 0.717) is 24.6 Å². The number of nitrogens with one attached hydrogen (secondary N) is 1. The molecule has 2 amide bonds. The molecule has 1 aromatic carbocycles. The minimum atomic E-state index is -0.493. The summed E-state index contributed by atoms with van der Waals surface area (Å²) in [7, 11) is 1.80. The molecule has 1 aromatic rings. The maximum absolute atomic E-state index is 12.0. The standard InChI is InChI=1S/C17H26N2O3S/c1-17(2,3)22-16(21)18-10-11-23-13-15(20)19(4)12-14-8-6-5-7-9-14/h5-9H,10-13H2,1-4H3,(H,18,21). The van der Waals surface area contributed by atoms with Gasteiger partial charge in [0.1, 0.15) is 5.60 Å². The van der Waals surface area contributed by atoms with E-state index in [1.54, 1.807) is 11.9 Å². The minimum absolute atomic E-state index is 0.0797. The summed E-state index contributed by atoms with van der Waals surface area (Å²) in [5.74, 6) is 1.15. The number of alkyl carbamates (subject to hydrolysis) is 1. The Morgan fingerprint density at radius 1 is 1.22 bits per heavy atom. The third-order valence-corrected chi connectivity index (χ3v) is 3.77. The highest BCUT2D eigenvalue weighted by Gasteiger charge is 2.15. The summed E-state index contributed by atoms with van der Waals surface area (Å²) in [6, 6.07) is 9.89. The molecule has 0 fully saturated rings. The van der Waals surface area contributed by atoms with Crippen LogP contribution in [-0.2, 0) is 16.1 Å². The van der Waals surface area contributed by atoms with E-state index in [1.807, 2.05) is 51.1 Å². The van der Waals surface area contributed by atoms with Crippen molar-refractivity contribution in [2.24, 2.45) is 0 Å². The third kappa shape index (κ3) is 9.13. The molecule has 6 heteroatoms. The van der Waals surface area contributed by atoms with Gasteiger partial charge in [-0.05, 0) is 26.3 Å². The van der Waals surface area contributed by atoms with Crippen molar-refractivity contribution in [1.29, 1.82) is 0 Å². The molecule has 5 nitrogen and oxygen atoms in total. The van der Waals surface area contributed by atoms with Crippen LogP contribution in [0.25, 0.3) is 0 Å². The molecule has 0 bridgehead atoms. The summed E-state index contributed by atoms with van der Waals surface area (Å²) < 4.78 is 5.14. The van der Waals surface area contributed by atoms with Gasteiger partial charge in [-0.15, -0.1) is 0 Å². The maximum atomic E-state index is 12.0. The van der Waals surface area contributed by atoms with Crippen molar-refractivity contribution in [2.45, 2.75) is 32.9 Å². The minimum Gasteiger partial charge on any atom is -0.444 e. The Morgan fingerprint density at radius 2 is 1.87 bits per heavy atom. The van der Waals surface area contributed by atoms with Gasteiger partial charge >= 0.3 is 6.09 Å². The third-order valence-electron chi connectivity index (χ3n) is 2.83. The second-order valence-electron chi connectivity index (χ2n) is 6.22. The fourth-order valence-corrected chi connectivity index (χ4v) is 2.54. The first-order chi connectivity index (χ1) is 10.8. The van der Waals surface area contributed by atoms with Gasteiger partial charge in [-0.3, -0.25) is 4.79 Å². The largest absolute Gasteiger partial charge is 0.444 e. The van der Waals surface area contributed by atoms with Crippen LogP contribution in [0.15, 0.2) is 30.3 Å². The average molecular weight is 338 g/mol. The molecular weight excluding hydrogens is 312 g/mol. The summed E-state index contributed by atoms with van der Waals surface area (Å²) in [5.41, 5.74) is 0.618. The van der Waals surface area contributed by atoms with Crippen molar-refractivity contribution in [2.75, 3.05) is 25.1 Å². The van der Waals surface area contributed by atoms with Crippen molar-refractivity contribution in [3.8, 4) is 0 Å². The Kier molecular flexibility index (Phi) is 7.95. The van der Waals surface area contributed by atoms with Gasteiger partial charge < -0.3 is 15.0 Å². The molecule has 1 rings (SSSR count). The lowest BCUT2D eigenvalue weighted by molar-refractivity contribution is -0.127. The van der Waals surface area contributed by atoms with Crippen LogP contribution in [0, 0.1) is 0 Å². The second kappa shape index (κ2) is 9.45. The summed E-state index contributed by atoms with van der Waals surface area (Å²) in [6.07, 6.45) is -0.425. The average Bonchev–Trinajstić information content (AvgIpc) is 2.45. The van der Waals surface area contributed by atoms with Gasteiger partial charge in [-0.1, -0.05) is 30.3 Å². The zero-order valence-electron chi connectivity index (χ0n) is 14.3. The molecule has 0 unspecified atom stereocenters. The molecule has 0 saturated heterocycles. The van der Waals surface area contributed by atoms with Gasteiger partial charge in [0, 0.05) is 25.9 Å². The van der Waals surface area contributed by atoms with Crippen LogP contribution >= 0.6 is 11.8 Å². The van der Waals surface area contributed by atoms with E-state index in [2.05, 4.69) is 5.32 Å². The molecular formula is C17H26N2O3S. The van der Waals surface area contributed by atoms with Crippen molar-refractivity contribution >= 4 is 23.8 Å². The monoisotopic (exact) mass is 338 g/mol. The number of rotatable bonds is 7. The summed E-state index contributed by atoms with van der Waals surface area (Å²) in [6.45, 7) is 6.55. The summed E-state index contributed by atoms with van der Waals surface area (Å²) in [5, 5.41) is 2.68.